The van der Waals surface area contributed by atoms with E-state index in [1.54, 1.807) is 16.8 Å². The molecule has 4 rings (SSSR count). The first-order valence-electron chi connectivity index (χ1n) is 9.05. The number of aromatic nitrogens is 3. The number of hydrogen-bond donors (Lipinski definition) is 3. The molecule has 8 nitrogen and oxygen atoms in total. The summed E-state index contributed by atoms with van der Waals surface area (Å²) in [6.45, 7) is 3.27. The van der Waals surface area contributed by atoms with Crippen molar-refractivity contribution in [3.8, 4) is 11.1 Å². The van der Waals surface area contributed by atoms with Crippen molar-refractivity contribution in [2.75, 3.05) is 44.6 Å². The zero-order valence-corrected chi connectivity index (χ0v) is 14.9. The Bertz CT molecular complexity index is 954. The van der Waals surface area contributed by atoms with Gasteiger partial charge in [-0.3, -0.25) is 9.69 Å². The Morgan fingerprint density at radius 3 is 2.78 bits per heavy atom. The van der Waals surface area contributed by atoms with Crippen molar-refractivity contribution in [1.82, 2.24) is 24.8 Å². The summed E-state index contributed by atoms with van der Waals surface area (Å²) in [5.74, 6) is 0.660. The summed E-state index contributed by atoms with van der Waals surface area (Å²) in [6, 6.07) is 9.37. The second-order valence-corrected chi connectivity index (χ2v) is 6.47. The molecule has 0 saturated heterocycles. The number of rotatable bonds is 2. The van der Waals surface area contributed by atoms with Crippen LogP contribution in [0.3, 0.4) is 0 Å². The van der Waals surface area contributed by atoms with Crippen LogP contribution in [0.5, 0.6) is 0 Å². The fourth-order valence-electron chi connectivity index (χ4n) is 3.25. The van der Waals surface area contributed by atoms with Gasteiger partial charge in [-0.25, -0.2) is 9.50 Å². The molecule has 1 aromatic carbocycles. The molecule has 140 valence electrons. The Morgan fingerprint density at radius 2 is 1.93 bits per heavy atom. The third-order valence-corrected chi connectivity index (χ3v) is 4.67. The molecule has 8 heteroatoms. The van der Waals surface area contributed by atoms with Crippen molar-refractivity contribution in [2.45, 2.75) is 0 Å². The molecule has 1 aliphatic rings. The standard InChI is InChI=1S/C19H22N6O2/c26-11-10-24-8-5-20-17-4-7-25-18(23-17)16(13-22-25)14-2-1-3-15(12-14)19(27)21-6-9-24/h1-4,7,12-13,26H,5-6,8-11H2,(H,20,23)(H,21,27). The molecule has 2 aromatic heterocycles. The summed E-state index contributed by atoms with van der Waals surface area (Å²) in [7, 11) is 0. The van der Waals surface area contributed by atoms with E-state index in [4.69, 9.17) is 4.98 Å². The van der Waals surface area contributed by atoms with Crippen molar-refractivity contribution in [2.24, 2.45) is 0 Å². The maximum Gasteiger partial charge on any atom is 0.251 e. The molecule has 0 radical (unpaired) electrons. The second kappa shape index (κ2) is 7.73. The first-order valence-corrected chi connectivity index (χ1v) is 9.05. The molecule has 27 heavy (non-hydrogen) atoms. The lowest BCUT2D eigenvalue weighted by Crippen LogP contribution is -2.38. The van der Waals surface area contributed by atoms with E-state index in [2.05, 4.69) is 20.6 Å². The van der Waals surface area contributed by atoms with Crippen molar-refractivity contribution in [3.63, 3.8) is 0 Å². The molecular formula is C19H22N6O2. The van der Waals surface area contributed by atoms with Gasteiger partial charge in [-0.15, -0.1) is 0 Å². The lowest BCUT2D eigenvalue weighted by atomic mass is 10.1. The highest BCUT2D eigenvalue weighted by Crippen LogP contribution is 2.25. The van der Waals surface area contributed by atoms with Gasteiger partial charge in [-0.1, -0.05) is 12.1 Å². The zero-order valence-electron chi connectivity index (χ0n) is 14.9. The summed E-state index contributed by atoms with van der Waals surface area (Å²) in [6.07, 6.45) is 3.64. The summed E-state index contributed by atoms with van der Waals surface area (Å²) < 4.78 is 1.73. The first kappa shape index (κ1) is 17.4. The van der Waals surface area contributed by atoms with Crippen molar-refractivity contribution in [3.05, 3.63) is 48.3 Å². The number of fused-ring (bicyclic) bond motifs is 4. The summed E-state index contributed by atoms with van der Waals surface area (Å²) in [4.78, 5) is 19.3. The van der Waals surface area contributed by atoms with E-state index in [0.29, 0.717) is 31.7 Å². The average Bonchev–Trinajstić information content (AvgIpc) is 3.10. The highest BCUT2D eigenvalue weighted by atomic mass is 16.3. The van der Waals surface area contributed by atoms with E-state index in [1.165, 1.54) is 0 Å². The van der Waals surface area contributed by atoms with E-state index in [-0.39, 0.29) is 12.5 Å². The number of β-amino-alcohol motifs (C(OH)–C–C–N with tert-alkyl or cyclic N) is 1. The smallest absolute Gasteiger partial charge is 0.251 e. The topological polar surface area (TPSA) is 94.8 Å². The number of nitrogens with zero attached hydrogens (tertiary/aromatic N) is 4. The molecule has 0 unspecified atom stereocenters. The van der Waals surface area contributed by atoms with Crippen LogP contribution in [0.15, 0.2) is 42.7 Å². The summed E-state index contributed by atoms with van der Waals surface area (Å²) >= 11 is 0. The van der Waals surface area contributed by atoms with Crippen molar-refractivity contribution in [1.29, 1.82) is 0 Å². The second-order valence-electron chi connectivity index (χ2n) is 6.47. The monoisotopic (exact) mass is 366 g/mol. The van der Waals surface area contributed by atoms with Crippen molar-refractivity contribution >= 4 is 17.4 Å². The molecule has 1 aliphatic heterocycles. The number of aliphatic hydroxyl groups excluding tert-OH is 1. The molecule has 3 aromatic rings. The number of hydrogen-bond acceptors (Lipinski definition) is 6. The number of carbonyl (C=O) groups is 1. The fourth-order valence-corrected chi connectivity index (χ4v) is 3.25. The Morgan fingerprint density at radius 1 is 1.11 bits per heavy atom. The van der Waals surface area contributed by atoms with E-state index in [1.807, 2.05) is 30.5 Å². The molecule has 0 atom stereocenters. The number of anilines is 1. The van der Waals surface area contributed by atoms with Crippen LogP contribution in [0, 0.1) is 0 Å². The Balaban J connectivity index is 1.73. The molecule has 1 amide bonds. The quantitative estimate of drug-likeness (QED) is 0.622. The molecule has 0 aliphatic carbocycles. The van der Waals surface area contributed by atoms with Crippen molar-refractivity contribution < 1.29 is 9.90 Å². The van der Waals surface area contributed by atoms with Gasteiger partial charge in [-0.05, 0) is 23.8 Å². The predicted octanol–water partition coefficient (Wildman–Crippen LogP) is 0.846. The number of benzene rings is 1. The molecule has 0 saturated carbocycles. The lowest BCUT2D eigenvalue weighted by molar-refractivity contribution is 0.0947. The fraction of sp³-hybridized carbons (Fsp3) is 0.316. The number of amides is 1. The SMILES string of the molecule is O=C1NCCN(CCO)CCNc2ccn3ncc(c3n2)-c2cccc1c2. The van der Waals surface area contributed by atoms with Crippen LogP contribution in [0.4, 0.5) is 5.82 Å². The molecule has 3 N–H and O–H groups in total. The zero-order chi connectivity index (χ0) is 18.6. The average molecular weight is 366 g/mol. The Labute approximate surface area is 156 Å². The van der Waals surface area contributed by atoms with Gasteiger partial charge < -0.3 is 15.7 Å². The van der Waals surface area contributed by atoms with Crippen LogP contribution in [0.2, 0.25) is 0 Å². The van der Waals surface area contributed by atoms with E-state index >= 15 is 0 Å². The van der Waals surface area contributed by atoms with Gasteiger partial charge in [-0.2, -0.15) is 5.10 Å². The Hall–Kier alpha value is -2.97. The largest absolute Gasteiger partial charge is 0.395 e. The van der Waals surface area contributed by atoms with Gasteiger partial charge in [0.05, 0.1) is 12.8 Å². The van der Waals surface area contributed by atoms with Crippen LogP contribution in [-0.2, 0) is 0 Å². The maximum absolute atomic E-state index is 12.5. The maximum atomic E-state index is 12.5. The third-order valence-electron chi connectivity index (χ3n) is 4.67. The normalized spacial score (nSPS) is 15.8. The van der Waals surface area contributed by atoms with Crippen LogP contribution >= 0.6 is 0 Å². The van der Waals surface area contributed by atoms with Gasteiger partial charge in [0.2, 0.25) is 0 Å². The van der Waals surface area contributed by atoms with Crippen LogP contribution < -0.4 is 10.6 Å². The Kier molecular flexibility index (Phi) is 4.99. The highest BCUT2D eigenvalue weighted by Gasteiger charge is 2.13. The van der Waals surface area contributed by atoms with Crippen LogP contribution in [0.25, 0.3) is 16.8 Å². The minimum atomic E-state index is -0.112. The molecule has 3 heterocycles. The van der Waals surface area contributed by atoms with Gasteiger partial charge >= 0.3 is 0 Å². The first-order chi connectivity index (χ1) is 13.2. The van der Waals surface area contributed by atoms with Gasteiger partial charge in [0.15, 0.2) is 5.65 Å². The predicted molar refractivity (Wildman–Crippen MR) is 103 cm³/mol. The van der Waals surface area contributed by atoms with Gasteiger partial charge in [0.1, 0.15) is 5.82 Å². The van der Waals surface area contributed by atoms with Gasteiger partial charge in [0.25, 0.3) is 5.91 Å². The van der Waals surface area contributed by atoms with Crippen LogP contribution in [0.1, 0.15) is 10.4 Å². The van der Waals surface area contributed by atoms with E-state index in [0.717, 1.165) is 29.1 Å². The minimum absolute atomic E-state index is 0.0827. The third kappa shape index (κ3) is 3.76. The molecule has 0 fully saturated rings. The number of aliphatic hydroxyl groups is 1. The molecule has 0 spiro atoms. The van der Waals surface area contributed by atoms with E-state index < -0.39 is 0 Å². The number of carbonyl (C=O) groups excluding carboxylic acids is 1. The summed E-state index contributed by atoms with van der Waals surface area (Å²) in [5.41, 5.74) is 3.12. The lowest BCUT2D eigenvalue weighted by Gasteiger charge is -2.21. The van der Waals surface area contributed by atoms with Crippen LogP contribution in [-0.4, -0.2) is 69.8 Å². The molecule has 4 bridgehead atoms. The van der Waals surface area contributed by atoms with Gasteiger partial charge in [0, 0.05) is 50.0 Å². The minimum Gasteiger partial charge on any atom is -0.395 e. The van der Waals surface area contributed by atoms with E-state index in [9.17, 15) is 9.90 Å². The molecular weight excluding hydrogens is 344 g/mol. The summed E-state index contributed by atoms with van der Waals surface area (Å²) in [5, 5.41) is 19.9. The number of nitrogens with one attached hydrogen (secondary N) is 2. The highest BCUT2D eigenvalue weighted by molar-refractivity contribution is 5.96.